The van der Waals surface area contributed by atoms with E-state index in [1.54, 1.807) is 4.57 Å². The molecule has 1 aromatic carbocycles. The molecule has 4 aliphatic rings. The maximum atomic E-state index is 13.4. The van der Waals surface area contributed by atoms with E-state index in [0.29, 0.717) is 50.4 Å². The van der Waals surface area contributed by atoms with E-state index in [0.717, 1.165) is 57.1 Å². The number of nitrogens with zero attached hydrogens (tertiary/aromatic N) is 5. The van der Waals surface area contributed by atoms with Gasteiger partial charge in [0.15, 0.2) is 0 Å². The summed E-state index contributed by atoms with van der Waals surface area (Å²) in [7, 11) is 0. The highest BCUT2D eigenvalue weighted by molar-refractivity contribution is 5.89. The van der Waals surface area contributed by atoms with E-state index in [1.807, 2.05) is 43.0 Å². The number of nitrogens with one attached hydrogen (secondary N) is 1. The number of rotatable bonds is 7. The second-order valence-corrected chi connectivity index (χ2v) is 12.6. The number of aliphatic hydroxyl groups excluding tert-OH is 1. The highest BCUT2D eigenvalue weighted by Crippen LogP contribution is 2.36. The predicted molar refractivity (Wildman–Crippen MR) is 155 cm³/mol. The van der Waals surface area contributed by atoms with Gasteiger partial charge in [-0.3, -0.25) is 19.2 Å². The van der Waals surface area contributed by atoms with Gasteiger partial charge < -0.3 is 20.1 Å². The van der Waals surface area contributed by atoms with Crippen LogP contribution in [0.1, 0.15) is 58.4 Å². The minimum atomic E-state index is -0.467. The van der Waals surface area contributed by atoms with Gasteiger partial charge in [0.1, 0.15) is 6.10 Å². The zero-order chi connectivity index (χ0) is 28.7. The number of carbonyl (C=O) groups excluding carboxylic acids is 2. The number of fused-ring (bicyclic) bond motifs is 3. The molecule has 224 valence electrons. The zero-order valence-electron chi connectivity index (χ0n) is 24.3. The second kappa shape index (κ2) is 11.9. The van der Waals surface area contributed by atoms with E-state index < -0.39 is 6.10 Å². The van der Waals surface area contributed by atoms with Gasteiger partial charge in [0, 0.05) is 70.0 Å². The molecule has 2 amide bonds. The molecule has 2 N–H and O–H groups in total. The highest BCUT2D eigenvalue weighted by atomic mass is 16.5. The summed E-state index contributed by atoms with van der Waals surface area (Å²) in [6, 6.07) is 7.65. The summed E-state index contributed by atoms with van der Waals surface area (Å²) >= 11 is 0. The van der Waals surface area contributed by atoms with Crippen molar-refractivity contribution < 1.29 is 19.4 Å². The lowest BCUT2D eigenvalue weighted by Gasteiger charge is -2.41. The quantitative estimate of drug-likeness (QED) is 0.522. The predicted octanol–water partition coefficient (Wildman–Crippen LogP) is 1.62. The van der Waals surface area contributed by atoms with Gasteiger partial charge in [-0.2, -0.15) is 0 Å². The van der Waals surface area contributed by atoms with Gasteiger partial charge in [0.05, 0.1) is 17.1 Å². The number of piperazine rings is 1. The van der Waals surface area contributed by atoms with Crippen LogP contribution in [0.2, 0.25) is 0 Å². The monoisotopic (exact) mass is 568 g/mol. The number of imidazole rings is 1. The normalized spacial score (nSPS) is 28.0. The fraction of sp³-hybridized carbons (Fsp3) is 0.700. The van der Waals surface area contributed by atoms with E-state index in [-0.39, 0.29) is 35.8 Å². The van der Waals surface area contributed by atoms with Crippen LogP contribution in [0, 0.1) is 0 Å². The van der Waals surface area contributed by atoms with Gasteiger partial charge in [-0.05, 0) is 64.5 Å². The van der Waals surface area contributed by atoms with Crippen molar-refractivity contribution in [3.8, 4) is 0 Å². The van der Waals surface area contributed by atoms with E-state index in [9.17, 15) is 19.5 Å². The van der Waals surface area contributed by atoms with Gasteiger partial charge in [-0.15, -0.1) is 0 Å². The third-order valence-electron chi connectivity index (χ3n) is 9.49. The zero-order valence-corrected chi connectivity index (χ0v) is 24.3. The molecule has 4 aliphatic heterocycles. The summed E-state index contributed by atoms with van der Waals surface area (Å²) in [5.41, 5.74) is 1.09. The van der Waals surface area contributed by atoms with Crippen molar-refractivity contribution in [2.45, 2.75) is 88.7 Å². The number of piperidine rings is 1. The minimum absolute atomic E-state index is 0.00378. The lowest BCUT2D eigenvalue weighted by Crippen LogP contribution is -2.56. The summed E-state index contributed by atoms with van der Waals surface area (Å²) in [5.74, 6) is 0.116. The smallest absolute Gasteiger partial charge is 0.337 e. The largest absolute Gasteiger partial charge is 0.390 e. The molecule has 0 saturated carbocycles. The maximum Gasteiger partial charge on any atom is 0.337 e. The van der Waals surface area contributed by atoms with E-state index >= 15 is 0 Å². The molecule has 5 heterocycles. The number of hydrogen-bond acceptors (Lipinski definition) is 7. The van der Waals surface area contributed by atoms with Crippen molar-refractivity contribution in [3.63, 3.8) is 0 Å². The molecular formula is C30H44N6O5. The summed E-state index contributed by atoms with van der Waals surface area (Å²) in [6.07, 6.45) is 4.79. The summed E-state index contributed by atoms with van der Waals surface area (Å²) in [6.45, 7) is 8.69. The molecule has 4 fully saturated rings. The fourth-order valence-corrected chi connectivity index (χ4v) is 7.52. The summed E-state index contributed by atoms with van der Waals surface area (Å²) < 4.78 is 8.51. The first-order chi connectivity index (χ1) is 19.8. The number of aromatic nitrogens is 2. The number of β-amino-alcohol motifs (C(OH)–C–C–N with tert-alkyl or cyclic N) is 1. The molecule has 1 aromatic heterocycles. The average Bonchev–Trinajstić information content (AvgIpc) is 3.64. The van der Waals surface area contributed by atoms with Gasteiger partial charge in [0.25, 0.3) is 5.91 Å². The fourth-order valence-electron chi connectivity index (χ4n) is 7.52. The Morgan fingerprint density at radius 3 is 2.32 bits per heavy atom. The number of aliphatic hydroxyl groups is 1. The Balaban J connectivity index is 1.01. The van der Waals surface area contributed by atoms with E-state index in [2.05, 4.69) is 15.1 Å². The van der Waals surface area contributed by atoms with E-state index in [1.165, 1.54) is 4.57 Å². The third-order valence-corrected chi connectivity index (χ3v) is 9.49. The lowest BCUT2D eigenvalue weighted by molar-refractivity contribution is -0.142. The Labute approximate surface area is 241 Å². The first-order valence-corrected chi connectivity index (χ1v) is 15.4. The number of carbonyl (C=O) groups is 2. The van der Waals surface area contributed by atoms with Gasteiger partial charge in [-0.25, -0.2) is 14.2 Å². The van der Waals surface area contributed by atoms with Gasteiger partial charge in [0.2, 0.25) is 0 Å². The van der Waals surface area contributed by atoms with Crippen molar-refractivity contribution in [2.75, 3.05) is 45.9 Å². The molecule has 0 radical (unpaired) electrons. The topological polar surface area (TPSA) is 112 Å². The van der Waals surface area contributed by atoms with E-state index in [4.69, 9.17) is 4.74 Å². The van der Waals surface area contributed by atoms with Crippen molar-refractivity contribution in [2.24, 2.45) is 0 Å². The average molecular weight is 569 g/mol. The van der Waals surface area contributed by atoms with Crippen LogP contribution in [-0.4, -0.2) is 117 Å². The van der Waals surface area contributed by atoms with Crippen LogP contribution in [0.4, 0.5) is 4.79 Å². The van der Waals surface area contributed by atoms with Crippen molar-refractivity contribution >= 4 is 23.0 Å². The molecule has 4 saturated heterocycles. The Morgan fingerprint density at radius 2 is 1.68 bits per heavy atom. The first kappa shape index (κ1) is 28.4. The Kier molecular flexibility index (Phi) is 8.22. The van der Waals surface area contributed by atoms with Crippen LogP contribution in [0.3, 0.4) is 0 Å². The third kappa shape index (κ3) is 5.69. The number of amides is 2. The molecular weight excluding hydrogens is 524 g/mol. The Hall–Kier alpha value is -2.73. The van der Waals surface area contributed by atoms with Crippen LogP contribution in [0.15, 0.2) is 29.1 Å². The molecule has 2 bridgehead atoms. The Bertz CT molecular complexity index is 1290. The molecule has 11 heteroatoms. The number of benzene rings is 1. The number of hydrogen-bond donors (Lipinski definition) is 2. The Morgan fingerprint density at radius 1 is 1.00 bits per heavy atom. The molecule has 41 heavy (non-hydrogen) atoms. The van der Waals surface area contributed by atoms with Crippen molar-refractivity contribution in [1.29, 1.82) is 0 Å². The molecule has 2 aromatic rings. The van der Waals surface area contributed by atoms with Crippen LogP contribution in [-0.2, 0) is 9.53 Å². The van der Waals surface area contributed by atoms with Crippen LogP contribution >= 0.6 is 0 Å². The summed E-state index contributed by atoms with van der Waals surface area (Å²) in [5, 5.41) is 14.2. The van der Waals surface area contributed by atoms with Gasteiger partial charge in [-0.1, -0.05) is 12.1 Å². The first-order valence-electron chi connectivity index (χ1n) is 15.4. The van der Waals surface area contributed by atoms with Crippen LogP contribution < -0.4 is 11.0 Å². The molecule has 5 atom stereocenters. The minimum Gasteiger partial charge on any atom is -0.390 e. The molecule has 11 nitrogen and oxygen atoms in total. The highest BCUT2D eigenvalue weighted by Gasteiger charge is 2.42. The molecule has 1 unspecified atom stereocenters. The SMILES string of the molecule is CC(C)n1c(=O)n(C(=O)NC2C[C@H]3CC[C@@H](C2)N3C[C@@H](O)CN2CCN(C(=O)[C@H]3CCCO3)CC2)c2ccccc21. The second-order valence-electron chi connectivity index (χ2n) is 12.6. The van der Waals surface area contributed by atoms with Gasteiger partial charge >= 0.3 is 11.7 Å². The standard InChI is InChI=1S/C30H44N6O5/c1-20(2)35-25-6-3-4-7-26(25)36(30(35)40)29(39)31-21-16-22-9-10-23(17-21)34(22)19-24(37)18-32-11-13-33(14-12-32)28(38)27-8-5-15-41-27/h3-4,6-7,20-24,27,37H,5,8-19H2,1-2H3,(H,31,39)/t21?,22-,23+,24-,27+/m0/s1. The lowest BCUT2D eigenvalue weighted by atomic mass is 9.97. The van der Waals surface area contributed by atoms with Crippen molar-refractivity contribution in [1.82, 2.24) is 29.2 Å². The number of ether oxygens (including phenoxy) is 1. The van der Waals surface area contributed by atoms with Crippen LogP contribution in [0.25, 0.3) is 11.0 Å². The van der Waals surface area contributed by atoms with Crippen molar-refractivity contribution in [3.05, 3.63) is 34.7 Å². The summed E-state index contributed by atoms with van der Waals surface area (Å²) in [4.78, 5) is 45.8. The molecule has 6 rings (SSSR count). The molecule has 0 aliphatic carbocycles. The maximum absolute atomic E-state index is 13.4. The number of para-hydroxylation sites is 2. The molecule has 0 spiro atoms. The van der Waals surface area contributed by atoms with Crippen LogP contribution in [0.5, 0.6) is 0 Å².